The molecule has 1 unspecified atom stereocenters. The summed E-state index contributed by atoms with van der Waals surface area (Å²) in [5, 5.41) is 3.91. The molecule has 1 aromatic carbocycles. The fourth-order valence-corrected chi connectivity index (χ4v) is 6.07. The first-order valence-electron chi connectivity index (χ1n) is 10.5. The van der Waals surface area contributed by atoms with E-state index in [1.54, 1.807) is 0 Å². The van der Waals surface area contributed by atoms with Gasteiger partial charge < -0.3 is 5.32 Å². The van der Waals surface area contributed by atoms with Crippen molar-refractivity contribution in [1.82, 2.24) is 4.98 Å². The topological polar surface area (TPSA) is 24.9 Å². The predicted molar refractivity (Wildman–Crippen MR) is 121 cm³/mol. The summed E-state index contributed by atoms with van der Waals surface area (Å²) in [6.07, 6.45) is 5.32. The highest BCUT2D eigenvalue weighted by atomic mass is 28.3. The van der Waals surface area contributed by atoms with Crippen LogP contribution >= 0.6 is 0 Å². The Labute approximate surface area is 166 Å². The van der Waals surface area contributed by atoms with E-state index < -0.39 is 8.07 Å². The molecule has 1 aliphatic rings. The molecule has 27 heavy (non-hydrogen) atoms. The van der Waals surface area contributed by atoms with E-state index in [1.807, 2.05) is 0 Å². The molecule has 0 aliphatic heterocycles. The zero-order chi connectivity index (χ0) is 19.6. The standard InChI is InChI=1S/C24H36N2Si/c1-17-14-18(2)24(19(3)15-17)26-23(16-27(4,5)6)22-13-9-12-21(25-22)20-10-7-8-11-20/h9,12-15,20,23,26H,7-8,10-11,16H2,1-6H3. The molecule has 0 spiro atoms. The van der Waals surface area contributed by atoms with Crippen molar-refractivity contribution < 1.29 is 0 Å². The second-order valence-corrected chi connectivity index (χ2v) is 15.2. The molecule has 0 bridgehead atoms. The van der Waals surface area contributed by atoms with Crippen LogP contribution in [0.2, 0.25) is 25.7 Å². The van der Waals surface area contributed by atoms with Gasteiger partial charge in [-0.15, -0.1) is 0 Å². The van der Waals surface area contributed by atoms with Crippen LogP contribution in [0.4, 0.5) is 5.69 Å². The van der Waals surface area contributed by atoms with Gasteiger partial charge in [-0.1, -0.05) is 56.2 Å². The summed E-state index contributed by atoms with van der Waals surface area (Å²) >= 11 is 0. The second kappa shape index (κ2) is 8.18. The van der Waals surface area contributed by atoms with Crippen molar-refractivity contribution >= 4 is 13.8 Å². The van der Waals surface area contributed by atoms with Crippen molar-refractivity contribution in [2.75, 3.05) is 5.32 Å². The summed E-state index contributed by atoms with van der Waals surface area (Å²) in [4.78, 5) is 5.17. The van der Waals surface area contributed by atoms with Crippen LogP contribution in [0.15, 0.2) is 30.3 Å². The molecule has 146 valence electrons. The fourth-order valence-electron chi connectivity index (χ4n) is 4.54. The number of hydrogen-bond acceptors (Lipinski definition) is 2. The molecule has 0 radical (unpaired) electrons. The summed E-state index contributed by atoms with van der Waals surface area (Å²) in [5.41, 5.74) is 7.82. The number of pyridine rings is 1. The molecule has 1 N–H and O–H groups in total. The summed E-state index contributed by atoms with van der Waals surface area (Å²) in [6, 6.07) is 12.7. The van der Waals surface area contributed by atoms with Crippen LogP contribution < -0.4 is 5.32 Å². The molecule has 1 heterocycles. The lowest BCUT2D eigenvalue weighted by Crippen LogP contribution is -2.27. The zero-order valence-electron chi connectivity index (χ0n) is 18.0. The van der Waals surface area contributed by atoms with Gasteiger partial charge in [-0.2, -0.15) is 0 Å². The number of aromatic nitrogens is 1. The molecule has 1 aliphatic carbocycles. The first-order valence-corrected chi connectivity index (χ1v) is 14.2. The van der Waals surface area contributed by atoms with E-state index >= 15 is 0 Å². The highest BCUT2D eigenvalue weighted by molar-refractivity contribution is 6.76. The van der Waals surface area contributed by atoms with Crippen LogP contribution in [0.25, 0.3) is 0 Å². The van der Waals surface area contributed by atoms with Gasteiger partial charge in [-0.25, -0.2) is 0 Å². The number of aryl methyl sites for hydroxylation is 3. The maximum atomic E-state index is 5.17. The smallest absolute Gasteiger partial charge is 0.0662 e. The summed E-state index contributed by atoms with van der Waals surface area (Å²) in [6.45, 7) is 14.0. The highest BCUT2D eigenvalue weighted by Crippen LogP contribution is 2.35. The number of anilines is 1. The zero-order valence-corrected chi connectivity index (χ0v) is 19.0. The largest absolute Gasteiger partial charge is 0.377 e. The molecule has 1 aromatic heterocycles. The van der Waals surface area contributed by atoms with Gasteiger partial charge in [0.05, 0.1) is 11.7 Å². The predicted octanol–water partition coefficient (Wildman–Crippen LogP) is 7.16. The van der Waals surface area contributed by atoms with Gasteiger partial charge >= 0.3 is 0 Å². The molecule has 3 heteroatoms. The van der Waals surface area contributed by atoms with Crippen molar-refractivity contribution in [2.24, 2.45) is 0 Å². The van der Waals surface area contributed by atoms with Crippen molar-refractivity contribution in [3.63, 3.8) is 0 Å². The first kappa shape index (κ1) is 20.1. The monoisotopic (exact) mass is 380 g/mol. The van der Waals surface area contributed by atoms with Gasteiger partial charge in [0.15, 0.2) is 0 Å². The maximum Gasteiger partial charge on any atom is 0.0662 e. The SMILES string of the molecule is Cc1cc(C)c(NC(C[Si](C)(C)C)c2cccc(C3CCCC3)n2)c(C)c1. The number of benzene rings is 1. The van der Waals surface area contributed by atoms with E-state index in [0.717, 1.165) is 0 Å². The average molecular weight is 381 g/mol. The molecular weight excluding hydrogens is 344 g/mol. The van der Waals surface area contributed by atoms with Gasteiger partial charge in [0, 0.05) is 25.4 Å². The van der Waals surface area contributed by atoms with Gasteiger partial charge in [-0.3, -0.25) is 4.98 Å². The van der Waals surface area contributed by atoms with Gasteiger partial charge in [-0.05, 0) is 62.9 Å². The van der Waals surface area contributed by atoms with Crippen molar-refractivity contribution in [1.29, 1.82) is 0 Å². The summed E-state index contributed by atoms with van der Waals surface area (Å²) < 4.78 is 0. The van der Waals surface area contributed by atoms with E-state index in [-0.39, 0.29) is 6.04 Å². The summed E-state index contributed by atoms with van der Waals surface area (Å²) in [5.74, 6) is 0.667. The minimum atomic E-state index is -1.25. The quantitative estimate of drug-likeness (QED) is 0.538. The molecule has 3 rings (SSSR count). The van der Waals surface area contributed by atoms with Crippen LogP contribution in [0.3, 0.4) is 0 Å². The number of rotatable bonds is 6. The van der Waals surface area contributed by atoms with Crippen LogP contribution in [-0.2, 0) is 0 Å². The lowest BCUT2D eigenvalue weighted by Gasteiger charge is -2.28. The third-order valence-corrected chi connectivity index (χ3v) is 7.37. The number of nitrogens with zero attached hydrogens (tertiary/aromatic N) is 1. The van der Waals surface area contributed by atoms with Crippen LogP contribution in [0.1, 0.15) is 65.7 Å². The van der Waals surface area contributed by atoms with Crippen LogP contribution in [0, 0.1) is 20.8 Å². The van der Waals surface area contributed by atoms with Crippen molar-refractivity contribution in [3.8, 4) is 0 Å². The minimum absolute atomic E-state index is 0.290. The van der Waals surface area contributed by atoms with E-state index in [0.29, 0.717) is 5.92 Å². The second-order valence-electron chi connectivity index (χ2n) is 9.70. The Morgan fingerprint density at radius 1 is 1.04 bits per heavy atom. The highest BCUT2D eigenvalue weighted by Gasteiger charge is 2.25. The molecule has 1 saturated carbocycles. The number of nitrogens with one attached hydrogen (secondary N) is 1. The van der Waals surface area contributed by atoms with Gasteiger partial charge in [0.2, 0.25) is 0 Å². The third kappa shape index (κ3) is 5.22. The first-order chi connectivity index (χ1) is 12.7. The minimum Gasteiger partial charge on any atom is -0.377 e. The maximum absolute atomic E-state index is 5.17. The number of hydrogen-bond donors (Lipinski definition) is 1. The lowest BCUT2D eigenvalue weighted by molar-refractivity contribution is 0.683. The van der Waals surface area contributed by atoms with E-state index in [9.17, 15) is 0 Å². The molecule has 2 nitrogen and oxygen atoms in total. The fraction of sp³-hybridized carbons (Fsp3) is 0.542. The van der Waals surface area contributed by atoms with Crippen LogP contribution in [0.5, 0.6) is 0 Å². The van der Waals surface area contributed by atoms with Crippen molar-refractivity contribution in [3.05, 3.63) is 58.4 Å². The average Bonchev–Trinajstić information content (AvgIpc) is 3.10. The molecule has 1 fully saturated rings. The Balaban J connectivity index is 1.93. The Morgan fingerprint density at radius 2 is 1.67 bits per heavy atom. The Morgan fingerprint density at radius 3 is 2.26 bits per heavy atom. The summed E-state index contributed by atoms with van der Waals surface area (Å²) in [7, 11) is -1.25. The van der Waals surface area contributed by atoms with Crippen molar-refractivity contribution in [2.45, 2.75) is 84.1 Å². The lowest BCUT2D eigenvalue weighted by atomic mass is 10.0. The molecular formula is C24H36N2Si. The Hall–Kier alpha value is -1.61. The molecule has 1 atom stereocenters. The van der Waals surface area contributed by atoms with Crippen LogP contribution in [-0.4, -0.2) is 13.1 Å². The van der Waals surface area contributed by atoms with Gasteiger partial charge in [0.25, 0.3) is 0 Å². The normalized spacial score (nSPS) is 16.5. The van der Waals surface area contributed by atoms with E-state index in [2.05, 4.69) is 76.1 Å². The Bertz CT molecular complexity index is 762. The molecule has 0 amide bonds. The molecule has 0 saturated heterocycles. The van der Waals surface area contributed by atoms with E-state index in [1.165, 1.54) is 65.5 Å². The molecule has 2 aromatic rings. The van der Waals surface area contributed by atoms with Gasteiger partial charge in [0.1, 0.15) is 0 Å². The van der Waals surface area contributed by atoms with E-state index in [4.69, 9.17) is 4.98 Å². The Kier molecular flexibility index (Phi) is 6.10. The third-order valence-electron chi connectivity index (χ3n) is 5.73.